The minimum Gasteiger partial charge on any atom is -0.395 e. The largest absolute Gasteiger partial charge is 0.395 e. The normalized spacial score (nSPS) is 13.8. The number of aliphatic hydroxyl groups excluding tert-OH is 1. The predicted molar refractivity (Wildman–Crippen MR) is 66.8 cm³/mol. The molecule has 1 aromatic carbocycles. The van der Waals surface area contributed by atoms with Crippen molar-refractivity contribution in [2.75, 3.05) is 12.3 Å². The van der Waals surface area contributed by atoms with E-state index in [1.807, 2.05) is 0 Å². The number of nitrogens with two attached hydrogens (primary N) is 1. The van der Waals surface area contributed by atoms with Crippen molar-refractivity contribution in [1.82, 2.24) is 4.72 Å². The first-order valence-electron chi connectivity index (χ1n) is 5.46. The van der Waals surface area contributed by atoms with Gasteiger partial charge in [0.05, 0.1) is 12.3 Å². The first-order chi connectivity index (χ1) is 8.29. The Balaban J connectivity index is 3.11. The lowest BCUT2D eigenvalue weighted by Gasteiger charge is -2.20. The van der Waals surface area contributed by atoms with E-state index in [-0.39, 0.29) is 17.4 Å². The molecule has 1 rings (SSSR count). The second kappa shape index (κ2) is 5.64. The van der Waals surface area contributed by atoms with Crippen LogP contribution in [0.4, 0.5) is 10.1 Å². The summed E-state index contributed by atoms with van der Waals surface area (Å²) in [4.78, 5) is -0.318. The first kappa shape index (κ1) is 14.9. The SMILES string of the molecule is CC(C)C(CO)NS(=O)(=O)c1cccc(F)c1N. The van der Waals surface area contributed by atoms with Crippen molar-refractivity contribution >= 4 is 15.7 Å². The van der Waals surface area contributed by atoms with E-state index < -0.39 is 27.6 Å². The predicted octanol–water partition coefficient (Wildman–Crippen LogP) is 0.703. The van der Waals surface area contributed by atoms with Crippen LogP contribution in [0, 0.1) is 11.7 Å². The molecule has 7 heteroatoms. The molecule has 5 nitrogen and oxygen atoms in total. The standard InChI is InChI=1S/C11H17FN2O3S/c1-7(2)9(6-15)14-18(16,17)10-5-3-4-8(12)11(10)13/h3-5,7,9,14-15H,6,13H2,1-2H3. The molecule has 1 unspecified atom stereocenters. The Morgan fingerprint density at radius 1 is 1.44 bits per heavy atom. The van der Waals surface area contributed by atoms with Crippen LogP contribution >= 0.6 is 0 Å². The van der Waals surface area contributed by atoms with Gasteiger partial charge in [0.25, 0.3) is 0 Å². The Kier molecular flexibility index (Phi) is 4.66. The lowest BCUT2D eigenvalue weighted by Crippen LogP contribution is -2.41. The molecule has 0 amide bonds. The summed E-state index contributed by atoms with van der Waals surface area (Å²) in [5, 5.41) is 9.10. The van der Waals surface area contributed by atoms with Crippen LogP contribution in [-0.2, 0) is 10.0 Å². The highest BCUT2D eigenvalue weighted by molar-refractivity contribution is 7.89. The second-order valence-electron chi connectivity index (χ2n) is 4.31. The van der Waals surface area contributed by atoms with Gasteiger partial charge in [-0.15, -0.1) is 0 Å². The number of aliphatic hydroxyl groups is 1. The summed E-state index contributed by atoms with van der Waals surface area (Å²) < 4.78 is 39.5. The summed E-state index contributed by atoms with van der Waals surface area (Å²) in [5.74, 6) is -0.887. The molecule has 0 aromatic heterocycles. The lowest BCUT2D eigenvalue weighted by molar-refractivity contribution is 0.227. The van der Waals surface area contributed by atoms with Crippen LogP contribution in [0.1, 0.15) is 13.8 Å². The van der Waals surface area contributed by atoms with E-state index in [1.54, 1.807) is 13.8 Å². The Morgan fingerprint density at radius 3 is 2.56 bits per heavy atom. The number of hydrogen-bond donors (Lipinski definition) is 3. The third-order valence-corrected chi connectivity index (χ3v) is 4.16. The summed E-state index contributed by atoms with van der Waals surface area (Å²) in [7, 11) is -3.94. The average molecular weight is 276 g/mol. The number of sulfonamides is 1. The third kappa shape index (κ3) is 3.18. The Labute approximate surface area is 106 Å². The summed E-state index contributed by atoms with van der Waals surface area (Å²) in [5.41, 5.74) is 4.98. The van der Waals surface area contributed by atoms with Crippen molar-refractivity contribution in [3.8, 4) is 0 Å². The molecule has 18 heavy (non-hydrogen) atoms. The fourth-order valence-electron chi connectivity index (χ4n) is 1.40. The zero-order valence-corrected chi connectivity index (χ0v) is 11.0. The van der Waals surface area contributed by atoms with Crippen molar-refractivity contribution in [2.24, 2.45) is 5.92 Å². The maximum Gasteiger partial charge on any atom is 0.243 e. The van der Waals surface area contributed by atoms with Crippen LogP contribution in [0.5, 0.6) is 0 Å². The monoisotopic (exact) mass is 276 g/mol. The molecule has 4 N–H and O–H groups in total. The molecule has 0 aliphatic carbocycles. The lowest BCUT2D eigenvalue weighted by atomic mass is 10.1. The number of nitrogens with one attached hydrogen (secondary N) is 1. The topological polar surface area (TPSA) is 92.4 Å². The van der Waals surface area contributed by atoms with Gasteiger partial charge in [-0.1, -0.05) is 19.9 Å². The molecule has 0 aliphatic rings. The smallest absolute Gasteiger partial charge is 0.243 e. The van der Waals surface area contributed by atoms with Gasteiger partial charge in [-0.3, -0.25) is 0 Å². The van der Waals surface area contributed by atoms with Gasteiger partial charge in [0.15, 0.2) is 0 Å². The Morgan fingerprint density at radius 2 is 2.06 bits per heavy atom. The van der Waals surface area contributed by atoms with Crippen LogP contribution in [-0.4, -0.2) is 26.2 Å². The van der Waals surface area contributed by atoms with Crippen molar-refractivity contribution in [2.45, 2.75) is 24.8 Å². The van der Waals surface area contributed by atoms with Gasteiger partial charge < -0.3 is 10.8 Å². The molecule has 102 valence electrons. The van der Waals surface area contributed by atoms with E-state index in [1.165, 1.54) is 12.1 Å². The molecule has 0 fully saturated rings. The molecule has 0 radical (unpaired) electrons. The van der Waals surface area contributed by atoms with Crippen LogP contribution < -0.4 is 10.5 Å². The molecule has 1 atom stereocenters. The van der Waals surface area contributed by atoms with Crippen molar-refractivity contribution in [3.63, 3.8) is 0 Å². The van der Waals surface area contributed by atoms with Gasteiger partial charge in [0, 0.05) is 6.04 Å². The van der Waals surface area contributed by atoms with Crippen LogP contribution in [0.25, 0.3) is 0 Å². The maximum atomic E-state index is 13.2. The van der Waals surface area contributed by atoms with E-state index in [0.29, 0.717) is 0 Å². The average Bonchev–Trinajstić information content (AvgIpc) is 2.29. The molecular formula is C11H17FN2O3S. The minimum atomic E-state index is -3.94. The Bertz CT molecular complexity index is 517. The molecular weight excluding hydrogens is 259 g/mol. The van der Waals surface area contributed by atoms with Gasteiger partial charge in [-0.2, -0.15) is 0 Å². The molecule has 0 spiro atoms. The third-order valence-electron chi connectivity index (χ3n) is 2.61. The number of hydrogen-bond acceptors (Lipinski definition) is 4. The number of anilines is 1. The minimum absolute atomic E-state index is 0.0976. The van der Waals surface area contributed by atoms with Crippen molar-refractivity contribution < 1.29 is 17.9 Å². The summed E-state index contributed by atoms with van der Waals surface area (Å²) in [6.07, 6.45) is 0. The molecule has 0 aliphatic heterocycles. The zero-order chi connectivity index (χ0) is 13.9. The van der Waals surface area contributed by atoms with Gasteiger partial charge in [0.1, 0.15) is 10.7 Å². The summed E-state index contributed by atoms with van der Waals surface area (Å²) >= 11 is 0. The van der Waals surface area contributed by atoms with E-state index >= 15 is 0 Å². The highest BCUT2D eigenvalue weighted by Gasteiger charge is 2.24. The highest BCUT2D eigenvalue weighted by Crippen LogP contribution is 2.21. The van der Waals surface area contributed by atoms with E-state index in [9.17, 15) is 12.8 Å². The van der Waals surface area contributed by atoms with Gasteiger partial charge in [-0.05, 0) is 18.1 Å². The summed E-state index contributed by atoms with van der Waals surface area (Å²) in [6.45, 7) is 3.18. The maximum absolute atomic E-state index is 13.2. The van der Waals surface area contributed by atoms with Gasteiger partial charge in [-0.25, -0.2) is 17.5 Å². The summed E-state index contributed by atoms with van der Waals surface area (Å²) in [6, 6.07) is 2.93. The molecule has 0 saturated heterocycles. The van der Waals surface area contributed by atoms with Crippen molar-refractivity contribution in [1.29, 1.82) is 0 Å². The molecule has 0 saturated carbocycles. The number of para-hydroxylation sites is 1. The van der Waals surface area contributed by atoms with Crippen LogP contribution in [0.2, 0.25) is 0 Å². The molecule has 0 bridgehead atoms. The van der Waals surface area contributed by atoms with Crippen LogP contribution in [0.3, 0.4) is 0 Å². The Hall–Kier alpha value is -1.18. The number of rotatable bonds is 5. The number of benzene rings is 1. The molecule has 0 heterocycles. The first-order valence-corrected chi connectivity index (χ1v) is 6.95. The number of nitrogen functional groups attached to an aromatic ring is 1. The fourth-order valence-corrected chi connectivity index (χ4v) is 2.92. The zero-order valence-electron chi connectivity index (χ0n) is 10.2. The second-order valence-corrected chi connectivity index (χ2v) is 5.99. The van der Waals surface area contributed by atoms with Gasteiger partial charge in [0.2, 0.25) is 10.0 Å². The quantitative estimate of drug-likeness (QED) is 0.690. The van der Waals surface area contributed by atoms with Gasteiger partial charge >= 0.3 is 0 Å². The van der Waals surface area contributed by atoms with E-state index in [2.05, 4.69) is 4.72 Å². The fraction of sp³-hybridized carbons (Fsp3) is 0.455. The molecule has 1 aromatic rings. The highest BCUT2D eigenvalue weighted by atomic mass is 32.2. The van der Waals surface area contributed by atoms with Crippen molar-refractivity contribution in [3.05, 3.63) is 24.0 Å². The van der Waals surface area contributed by atoms with E-state index in [0.717, 1.165) is 6.07 Å². The number of halogens is 1. The van der Waals surface area contributed by atoms with E-state index in [4.69, 9.17) is 10.8 Å². The van der Waals surface area contributed by atoms with Crippen LogP contribution in [0.15, 0.2) is 23.1 Å².